The van der Waals surface area contributed by atoms with E-state index in [-0.39, 0.29) is 0 Å². The monoisotopic (exact) mass is 239 g/mol. The molecule has 0 aliphatic heterocycles. The number of aromatic nitrogens is 2. The zero-order valence-corrected chi connectivity index (χ0v) is 10.7. The molecular formula is C12H21N3S. The summed E-state index contributed by atoms with van der Waals surface area (Å²) in [7, 11) is 1.95. The average Bonchev–Trinajstić information content (AvgIpc) is 2.73. The van der Waals surface area contributed by atoms with Gasteiger partial charge in [-0.15, -0.1) is 11.8 Å². The van der Waals surface area contributed by atoms with Crippen molar-refractivity contribution in [3.8, 4) is 0 Å². The Morgan fingerprint density at radius 2 is 2.25 bits per heavy atom. The summed E-state index contributed by atoms with van der Waals surface area (Å²) in [5, 5.41) is 4.16. The van der Waals surface area contributed by atoms with Crippen molar-refractivity contribution in [2.45, 2.75) is 43.0 Å². The second-order valence-corrected chi connectivity index (χ2v) is 5.82. The molecular weight excluding hydrogens is 218 g/mol. The number of aryl methyl sites for hydroxylation is 1. The van der Waals surface area contributed by atoms with Crippen molar-refractivity contribution in [3.63, 3.8) is 0 Å². The zero-order valence-electron chi connectivity index (χ0n) is 9.93. The summed E-state index contributed by atoms with van der Waals surface area (Å²) in [5.74, 6) is 1.77. The number of rotatable bonds is 4. The Labute approximate surface area is 102 Å². The summed E-state index contributed by atoms with van der Waals surface area (Å²) < 4.78 is 1.84. The minimum Gasteiger partial charge on any atom is -0.327 e. The van der Waals surface area contributed by atoms with Gasteiger partial charge < -0.3 is 5.73 Å². The Morgan fingerprint density at radius 1 is 1.50 bits per heavy atom. The highest BCUT2D eigenvalue weighted by molar-refractivity contribution is 7.99. The van der Waals surface area contributed by atoms with Gasteiger partial charge in [-0.1, -0.05) is 19.3 Å². The highest BCUT2D eigenvalue weighted by Gasteiger charge is 2.20. The van der Waals surface area contributed by atoms with Crippen LogP contribution in [0.3, 0.4) is 0 Å². The van der Waals surface area contributed by atoms with Crippen molar-refractivity contribution in [3.05, 3.63) is 12.4 Å². The first-order valence-corrected chi connectivity index (χ1v) is 7.11. The quantitative estimate of drug-likeness (QED) is 0.821. The number of nitrogens with zero attached hydrogens (tertiary/aromatic N) is 2. The Bertz CT molecular complexity index is 318. The summed E-state index contributed by atoms with van der Waals surface area (Å²) in [6.07, 6.45) is 10.8. The molecule has 1 aliphatic rings. The Hall–Kier alpha value is -0.480. The van der Waals surface area contributed by atoms with E-state index in [1.807, 2.05) is 29.7 Å². The molecule has 1 aromatic heterocycles. The van der Waals surface area contributed by atoms with Gasteiger partial charge in [0, 0.05) is 29.9 Å². The molecule has 0 spiro atoms. The third-order valence-electron chi connectivity index (χ3n) is 3.38. The highest BCUT2D eigenvalue weighted by Crippen LogP contribution is 2.28. The smallest absolute Gasteiger partial charge is 0.0625 e. The molecule has 2 N–H and O–H groups in total. The summed E-state index contributed by atoms with van der Waals surface area (Å²) in [6.45, 7) is 0. The van der Waals surface area contributed by atoms with Crippen molar-refractivity contribution >= 4 is 11.8 Å². The van der Waals surface area contributed by atoms with Crippen LogP contribution in [-0.2, 0) is 7.05 Å². The van der Waals surface area contributed by atoms with Crippen molar-refractivity contribution < 1.29 is 0 Å². The molecule has 0 bridgehead atoms. The molecule has 0 radical (unpaired) electrons. The van der Waals surface area contributed by atoms with Gasteiger partial charge in [0.25, 0.3) is 0 Å². The van der Waals surface area contributed by atoms with E-state index in [0.29, 0.717) is 6.04 Å². The van der Waals surface area contributed by atoms with Crippen molar-refractivity contribution in [1.82, 2.24) is 9.78 Å². The van der Waals surface area contributed by atoms with Gasteiger partial charge >= 0.3 is 0 Å². The maximum atomic E-state index is 6.26. The van der Waals surface area contributed by atoms with E-state index in [2.05, 4.69) is 11.3 Å². The Balaban J connectivity index is 1.76. The SMILES string of the molecule is Cn1cc(SCC(N)C2CCCCC2)cn1. The van der Waals surface area contributed by atoms with Crippen molar-refractivity contribution in [2.75, 3.05) is 5.75 Å². The molecule has 0 aromatic carbocycles. The lowest BCUT2D eigenvalue weighted by atomic mass is 9.85. The lowest BCUT2D eigenvalue weighted by Gasteiger charge is -2.27. The molecule has 90 valence electrons. The van der Waals surface area contributed by atoms with Crippen LogP contribution in [0.1, 0.15) is 32.1 Å². The maximum absolute atomic E-state index is 6.26. The fourth-order valence-corrected chi connectivity index (χ4v) is 3.37. The van der Waals surface area contributed by atoms with Gasteiger partial charge in [0.1, 0.15) is 0 Å². The normalized spacial score (nSPS) is 19.9. The standard InChI is InChI=1S/C12H21N3S/c1-15-8-11(7-14-15)16-9-12(13)10-5-3-2-4-6-10/h7-8,10,12H,2-6,9,13H2,1H3. The van der Waals surface area contributed by atoms with Crippen molar-refractivity contribution in [1.29, 1.82) is 0 Å². The molecule has 1 unspecified atom stereocenters. The van der Waals surface area contributed by atoms with Crippen LogP contribution in [0.25, 0.3) is 0 Å². The first-order valence-electron chi connectivity index (χ1n) is 6.13. The van der Waals surface area contributed by atoms with E-state index < -0.39 is 0 Å². The molecule has 1 aromatic rings. The van der Waals surface area contributed by atoms with Gasteiger partial charge in [0.05, 0.1) is 6.20 Å². The second kappa shape index (κ2) is 5.73. The van der Waals surface area contributed by atoms with Crippen LogP contribution in [0.5, 0.6) is 0 Å². The lowest BCUT2D eigenvalue weighted by Crippen LogP contribution is -2.33. The first kappa shape index (κ1) is 12.0. The van der Waals surface area contributed by atoms with E-state index in [1.54, 1.807) is 0 Å². The van der Waals surface area contributed by atoms with Crippen LogP contribution >= 0.6 is 11.8 Å². The molecule has 0 amide bonds. The predicted octanol–water partition coefficient (Wildman–Crippen LogP) is 2.42. The molecule has 2 rings (SSSR count). The summed E-state index contributed by atoms with van der Waals surface area (Å²) >= 11 is 1.83. The topological polar surface area (TPSA) is 43.8 Å². The van der Waals surface area contributed by atoms with Gasteiger partial charge in [0.15, 0.2) is 0 Å². The van der Waals surface area contributed by atoms with Crippen LogP contribution in [0, 0.1) is 5.92 Å². The van der Waals surface area contributed by atoms with Gasteiger partial charge in [-0.2, -0.15) is 5.10 Å². The van der Waals surface area contributed by atoms with E-state index in [0.717, 1.165) is 11.7 Å². The molecule has 3 nitrogen and oxygen atoms in total. The van der Waals surface area contributed by atoms with Gasteiger partial charge in [-0.25, -0.2) is 0 Å². The largest absolute Gasteiger partial charge is 0.327 e. The molecule has 1 atom stereocenters. The van der Waals surface area contributed by atoms with Gasteiger partial charge in [0.2, 0.25) is 0 Å². The number of hydrogen-bond acceptors (Lipinski definition) is 3. The van der Waals surface area contributed by atoms with Crippen LogP contribution in [0.4, 0.5) is 0 Å². The average molecular weight is 239 g/mol. The van der Waals surface area contributed by atoms with E-state index in [4.69, 9.17) is 5.73 Å². The number of hydrogen-bond donors (Lipinski definition) is 1. The lowest BCUT2D eigenvalue weighted by molar-refractivity contribution is 0.319. The van der Waals surface area contributed by atoms with E-state index in [1.165, 1.54) is 37.0 Å². The van der Waals surface area contributed by atoms with Gasteiger partial charge in [-0.05, 0) is 18.8 Å². The van der Waals surface area contributed by atoms with Gasteiger partial charge in [-0.3, -0.25) is 4.68 Å². The number of thioether (sulfide) groups is 1. The molecule has 1 saturated carbocycles. The van der Waals surface area contributed by atoms with Crippen molar-refractivity contribution in [2.24, 2.45) is 18.7 Å². The Kier molecular flexibility index (Phi) is 4.29. The van der Waals surface area contributed by atoms with Crippen LogP contribution in [-0.4, -0.2) is 21.6 Å². The highest BCUT2D eigenvalue weighted by atomic mass is 32.2. The molecule has 4 heteroatoms. The van der Waals surface area contributed by atoms with E-state index >= 15 is 0 Å². The van der Waals surface area contributed by atoms with E-state index in [9.17, 15) is 0 Å². The van der Waals surface area contributed by atoms with Crippen LogP contribution < -0.4 is 5.73 Å². The fourth-order valence-electron chi connectivity index (χ4n) is 2.36. The zero-order chi connectivity index (χ0) is 11.4. The molecule has 1 heterocycles. The second-order valence-electron chi connectivity index (χ2n) is 4.72. The molecule has 1 fully saturated rings. The summed E-state index contributed by atoms with van der Waals surface area (Å²) in [5.41, 5.74) is 6.26. The predicted molar refractivity (Wildman–Crippen MR) is 68.5 cm³/mol. The fraction of sp³-hybridized carbons (Fsp3) is 0.750. The van der Waals surface area contributed by atoms with Crippen LogP contribution in [0.15, 0.2) is 17.3 Å². The minimum absolute atomic E-state index is 0.352. The third-order valence-corrected chi connectivity index (χ3v) is 4.47. The maximum Gasteiger partial charge on any atom is 0.0625 e. The Morgan fingerprint density at radius 3 is 2.88 bits per heavy atom. The molecule has 16 heavy (non-hydrogen) atoms. The third kappa shape index (κ3) is 3.25. The minimum atomic E-state index is 0.352. The van der Waals surface area contributed by atoms with Crippen LogP contribution in [0.2, 0.25) is 0 Å². The summed E-state index contributed by atoms with van der Waals surface area (Å²) in [6, 6.07) is 0.352. The first-order chi connectivity index (χ1) is 7.75. The molecule has 1 aliphatic carbocycles. The summed E-state index contributed by atoms with van der Waals surface area (Å²) in [4.78, 5) is 1.23. The number of nitrogens with two attached hydrogens (primary N) is 1. The molecule has 0 saturated heterocycles.